The van der Waals surface area contributed by atoms with E-state index in [4.69, 9.17) is 23.2 Å². The fraction of sp³-hybridized carbons (Fsp3) is 0.188. The summed E-state index contributed by atoms with van der Waals surface area (Å²) in [5.41, 5.74) is 5.38. The number of pyridine rings is 1. The molecule has 1 aromatic carbocycles. The lowest BCUT2D eigenvalue weighted by Crippen LogP contribution is -1.95. The van der Waals surface area contributed by atoms with E-state index in [0.717, 1.165) is 23.5 Å². The van der Waals surface area contributed by atoms with Crippen molar-refractivity contribution in [1.29, 1.82) is 0 Å². The summed E-state index contributed by atoms with van der Waals surface area (Å²) in [6, 6.07) is 12.2. The van der Waals surface area contributed by atoms with Gasteiger partial charge in [-0.15, -0.1) is 11.6 Å². The van der Waals surface area contributed by atoms with Crippen LogP contribution in [0.4, 0.5) is 0 Å². The summed E-state index contributed by atoms with van der Waals surface area (Å²) in [5.74, 6) is 0.419. The lowest BCUT2D eigenvalue weighted by atomic mass is 10.1. The van der Waals surface area contributed by atoms with Crippen LogP contribution < -0.4 is 0 Å². The zero-order valence-corrected chi connectivity index (χ0v) is 12.6. The van der Waals surface area contributed by atoms with Crippen molar-refractivity contribution in [3.8, 4) is 0 Å². The molecule has 0 fully saturated rings. The minimum atomic E-state index is 0.419. The van der Waals surface area contributed by atoms with Crippen molar-refractivity contribution < 1.29 is 0 Å². The van der Waals surface area contributed by atoms with Crippen LogP contribution in [0.25, 0.3) is 5.65 Å². The van der Waals surface area contributed by atoms with E-state index in [1.54, 1.807) is 0 Å². The number of benzene rings is 1. The third kappa shape index (κ3) is 2.54. The van der Waals surface area contributed by atoms with Gasteiger partial charge in [0.25, 0.3) is 0 Å². The summed E-state index contributed by atoms with van der Waals surface area (Å²) < 4.78 is 1.97. The first-order valence-electron chi connectivity index (χ1n) is 6.44. The number of fused-ring (bicyclic) bond motifs is 1. The zero-order valence-electron chi connectivity index (χ0n) is 11.1. The molecule has 0 aliphatic heterocycles. The molecular weight excluding hydrogens is 291 g/mol. The molecule has 2 nitrogen and oxygen atoms in total. The second-order valence-electron chi connectivity index (χ2n) is 4.88. The standard InChI is InChI=1S/C16H14Cl2N2/c1-11-2-4-12(5-3-11)8-14-15(9-17)20-10-13(18)6-7-16(20)19-14/h2-7,10H,8-9H2,1H3. The zero-order chi connectivity index (χ0) is 14.1. The van der Waals surface area contributed by atoms with Gasteiger partial charge >= 0.3 is 0 Å². The molecule has 0 amide bonds. The lowest BCUT2D eigenvalue weighted by molar-refractivity contribution is 1.03. The highest BCUT2D eigenvalue weighted by Gasteiger charge is 2.12. The first kappa shape index (κ1) is 13.5. The van der Waals surface area contributed by atoms with E-state index < -0.39 is 0 Å². The molecule has 3 aromatic rings. The van der Waals surface area contributed by atoms with Gasteiger partial charge in [-0.3, -0.25) is 0 Å². The third-order valence-corrected chi connectivity index (χ3v) is 3.86. The summed E-state index contributed by atoms with van der Waals surface area (Å²) >= 11 is 12.1. The number of aryl methyl sites for hydroxylation is 1. The Kier molecular flexibility index (Phi) is 3.68. The van der Waals surface area contributed by atoms with Crippen LogP contribution in [0.3, 0.4) is 0 Å². The maximum absolute atomic E-state index is 6.09. The molecule has 0 aliphatic carbocycles. The van der Waals surface area contributed by atoms with Gasteiger partial charge in [-0.25, -0.2) is 4.98 Å². The van der Waals surface area contributed by atoms with Crippen molar-refractivity contribution in [2.24, 2.45) is 0 Å². The highest BCUT2D eigenvalue weighted by atomic mass is 35.5. The molecule has 0 bridgehead atoms. The Balaban J connectivity index is 2.04. The Bertz CT molecular complexity index is 745. The molecule has 0 aliphatic rings. The monoisotopic (exact) mass is 304 g/mol. The van der Waals surface area contributed by atoms with Gasteiger partial charge in [-0.1, -0.05) is 41.4 Å². The van der Waals surface area contributed by atoms with Crippen molar-refractivity contribution in [3.05, 3.63) is 70.1 Å². The quantitative estimate of drug-likeness (QED) is 0.645. The number of rotatable bonds is 3. The minimum Gasteiger partial charge on any atom is -0.301 e. The number of imidazole rings is 1. The number of halogens is 2. The van der Waals surface area contributed by atoms with Crippen LogP contribution >= 0.6 is 23.2 Å². The van der Waals surface area contributed by atoms with E-state index >= 15 is 0 Å². The molecule has 0 N–H and O–H groups in total. The molecule has 0 spiro atoms. The van der Waals surface area contributed by atoms with Gasteiger partial charge in [-0.05, 0) is 24.6 Å². The van der Waals surface area contributed by atoms with E-state index in [2.05, 4.69) is 36.2 Å². The highest BCUT2D eigenvalue weighted by molar-refractivity contribution is 6.30. The number of aromatic nitrogens is 2. The van der Waals surface area contributed by atoms with Crippen LogP contribution in [0.1, 0.15) is 22.5 Å². The second kappa shape index (κ2) is 5.47. The first-order chi connectivity index (χ1) is 9.67. The normalized spacial score (nSPS) is 11.2. The summed E-state index contributed by atoms with van der Waals surface area (Å²) in [4.78, 5) is 4.66. The number of hydrogen-bond acceptors (Lipinski definition) is 1. The molecule has 20 heavy (non-hydrogen) atoms. The SMILES string of the molecule is Cc1ccc(Cc2nc3ccc(Cl)cn3c2CCl)cc1. The lowest BCUT2D eigenvalue weighted by Gasteiger charge is -2.03. The summed E-state index contributed by atoms with van der Waals surface area (Å²) in [6.45, 7) is 2.08. The van der Waals surface area contributed by atoms with Crippen molar-refractivity contribution in [3.63, 3.8) is 0 Å². The number of alkyl halides is 1. The van der Waals surface area contributed by atoms with E-state index in [1.807, 2.05) is 22.7 Å². The highest BCUT2D eigenvalue weighted by Crippen LogP contribution is 2.21. The van der Waals surface area contributed by atoms with Crippen molar-refractivity contribution in [1.82, 2.24) is 9.38 Å². The van der Waals surface area contributed by atoms with Crippen molar-refractivity contribution >= 4 is 28.8 Å². The largest absolute Gasteiger partial charge is 0.301 e. The second-order valence-corrected chi connectivity index (χ2v) is 5.58. The van der Waals surface area contributed by atoms with Gasteiger partial charge < -0.3 is 4.40 Å². The molecule has 0 saturated heterocycles. The van der Waals surface area contributed by atoms with Crippen LogP contribution in [0, 0.1) is 6.92 Å². The van der Waals surface area contributed by atoms with Crippen LogP contribution in [-0.2, 0) is 12.3 Å². The maximum Gasteiger partial charge on any atom is 0.137 e. The minimum absolute atomic E-state index is 0.419. The Hall–Kier alpha value is -1.51. The molecule has 0 unspecified atom stereocenters. The van der Waals surface area contributed by atoms with E-state index in [1.165, 1.54) is 11.1 Å². The van der Waals surface area contributed by atoms with Crippen LogP contribution in [0.2, 0.25) is 5.02 Å². The average molecular weight is 305 g/mol. The Morgan fingerprint density at radius 3 is 2.55 bits per heavy atom. The summed E-state index contributed by atoms with van der Waals surface area (Å²) in [5, 5.41) is 0.683. The molecule has 0 saturated carbocycles. The van der Waals surface area contributed by atoms with Gasteiger partial charge in [0.15, 0.2) is 0 Å². The number of nitrogens with zero attached hydrogens (tertiary/aromatic N) is 2. The summed E-state index contributed by atoms with van der Waals surface area (Å²) in [7, 11) is 0. The molecule has 0 radical (unpaired) electrons. The van der Waals surface area contributed by atoms with Gasteiger partial charge in [-0.2, -0.15) is 0 Å². The van der Waals surface area contributed by atoms with Crippen LogP contribution in [0.5, 0.6) is 0 Å². The van der Waals surface area contributed by atoms with Crippen molar-refractivity contribution in [2.75, 3.05) is 0 Å². The van der Waals surface area contributed by atoms with Crippen molar-refractivity contribution in [2.45, 2.75) is 19.2 Å². The molecule has 4 heteroatoms. The summed E-state index contributed by atoms with van der Waals surface area (Å²) in [6.07, 6.45) is 2.64. The van der Waals surface area contributed by atoms with Gasteiger partial charge in [0, 0.05) is 12.6 Å². The Morgan fingerprint density at radius 2 is 1.85 bits per heavy atom. The fourth-order valence-corrected chi connectivity index (χ4v) is 2.74. The molecule has 3 rings (SSSR count). The topological polar surface area (TPSA) is 17.3 Å². The molecule has 2 aromatic heterocycles. The van der Waals surface area contributed by atoms with Crippen LogP contribution in [0.15, 0.2) is 42.6 Å². The van der Waals surface area contributed by atoms with E-state index in [-0.39, 0.29) is 0 Å². The third-order valence-electron chi connectivity index (χ3n) is 3.38. The Morgan fingerprint density at radius 1 is 1.10 bits per heavy atom. The van der Waals surface area contributed by atoms with E-state index in [9.17, 15) is 0 Å². The predicted molar refractivity (Wildman–Crippen MR) is 83.7 cm³/mol. The van der Waals surface area contributed by atoms with E-state index in [0.29, 0.717) is 10.9 Å². The predicted octanol–water partition coefficient (Wildman–Crippen LogP) is 4.63. The average Bonchev–Trinajstić information content (AvgIpc) is 2.78. The molecule has 102 valence electrons. The Labute approximate surface area is 128 Å². The molecule has 0 atom stereocenters. The van der Waals surface area contributed by atoms with Crippen LogP contribution in [-0.4, -0.2) is 9.38 Å². The number of hydrogen-bond donors (Lipinski definition) is 0. The van der Waals surface area contributed by atoms with Gasteiger partial charge in [0.1, 0.15) is 5.65 Å². The smallest absolute Gasteiger partial charge is 0.137 e. The molecule has 2 heterocycles. The maximum atomic E-state index is 6.09. The fourth-order valence-electron chi connectivity index (χ4n) is 2.30. The molecular formula is C16H14Cl2N2. The first-order valence-corrected chi connectivity index (χ1v) is 7.35. The van der Waals surface area contributed by atoms with Gasteiger partial charge in [0.05, 0.1) is 22.3 Å². The van der Waals surface area contributed by atoms with Gasteiger partial charge in [0.2, 0.25) is 0 Å².